The largest absolute Gasteiger partial charge is 0.355 e. The lowest BCUT2D eigenvalue weighted by atomic mass is 10.00. The third-order valence-electron chi connectivity index (χ3n) is 5.21. The molecule has 0 radical (unpaired) electrons. The Bertz CT molecular complexity index is 736. The monoisotopic (exact) mass is 336 g/mol. The highest BCUT2D eigenvalue weighted by atomic mass is 16.2. The van der Waals surface area contributed by atoms with E-state index in [1.54, 1.807) is 12.4 Å². The molecule has 5 heteroatoms. The first-order chi connectivity index (χ1) is 12.3. The maximum absolute atomic E-state index is 12.8. The Hall–Kier alpha value is -2.43. The van der Waals surface area contributed by atoms with Crippen LogP contribution >= 0.6 is 0 Å². The SMILES string of the molecule is O=C(c1cnc(N2CCCCCC2)cn1)N1CCc2ccccc2C1. The van der Waals surface area contributed by atoms with Crippen LogP contribution in [0.15, 0.2) is 36.7 Å². The molecule has 130 valence electrons. The molecule has 1 fully saturated rings. The minimum absolute atomic E-state index is 0.0237. The molecule has 0 spiro atoms. The number of amides is 1. The fourth-order valence-corrected chi connectivity index (χ4v) is 3.73. The zero-order chi connectivity index (χ0) is 17.1. The van der Waals surface area contributed by atoms with Gasteiger partial charge in [0.05, 0.1) is 12.4 Å². The second-order valence-corrected chi connectivity index (χ2v) is 6.91. The van der Waals surface area contributed by atoms with Gasteiger partial charge in [-0.2, -0.15) is 0 Å². The molecule has 0 atom stereocenters. The molecule has 1 amide bonds. The lowest BCUT2D eigenvalue weighted by Crippen LogP contribution is -2.36. The van der Waals surface area contributed by atoms with Gasteiger partial charge in [-0.15, -0.1) is 0 Å². The Balaban J connectivity index is 1.46. The number of hydrogen-bond donors (Lipinski definition) is 0. The van der Waals surface area contributed by atoms with Crippen LogP contribution in [0.2, 0.25) is 0 Å². The minimum Gasteiger partial charge on any atom is -0.355 e. The normalized spacial score (nSPS) is 17.8. The number of nitrogens with zero attached hydrogens (tertiary/aromatic N) is 4. The van der Waals surface area contributed by atoms with E-state index in [9.17, 15) is 4.79 Å². The summed E-state index contributed by atoms with van der Waals surface area (Å²) in [5, 5.41) is 0. The van der Waals surface area contributed by atoms with Crippen LogP contribution in [0.5, 0.6) is 0 Å². The molecule has 0 unspecified atom stereocenters. The molecule has 0 aliphatic carbocycles. The predicted octanol–water partition coefficient (Wildman–Crippen LogP) is 3.06. The molecule has 5 nitrogen and oxygen atoms in total. The highest BCUT2D eigenvalue weighted by molar-refractivity contribution is 5.92. The van der Waals surface area contributed by atoms with E-state index < -0.39 is 0 Å². The maximum atomic E-state index is 12.8. The summed E-state index contributed by atoms with van der Waals surface area (Å²) in [7, 11) is 0. The fraction of sp³-hybridized carbons (Fsp3) is 0.450. The van der Waals surface area contributed by atoms with Crippen molar-refractivity contribution in [1.82, 2.24) is 14.9 Å². The Kier molecular flexibility index (Phi) is 4.63. The first-order valence-electron chi connectivity index (χ1n) is 9.24. The number of anilines is 1. The standard InChI is InChI=1S/C20H24N4O/c25-20(24-12-9-16-7-3-4-8-17(16)15-24)18-13-22-19(14-21-18)23-10-5-1-2-6-11-23/h3-4,7-8,13-14H,1-2,5-6,9-12,15H2. The van der Waals surface area contributed by atoms with Crippen LogP contribution in [0.1, 0.15) is 47.3 Å². The van der Waals surface area contributed by atoms with Gasteiger partial charge in [0.25, 0.3) is 5.91 Å². The van der Waals surface area contributed by atoms with E-state index >= 15 is 0 Å². The number of carbonyl (C=O) groups is 1. The molecule has 4 rings (SSSR count). The Morgan fingerprint density at radius 3 is 2.36 bits per heavy atom. The highest BCUT2D eigenvalue weighted by Gasteiger charge is 2.23. The van der Waals surface area contributed by atoms with Crippen LogP contribution < -0.4 is 4.90 Å². The fourth-order valence-electron chi connectivity index (χ4n) is 3.73. The van der Waals surface area contributed by atoms with Crippen molar-refractivity contribution >= 4 is 11.7 Å². The molecule has 0 bridgehead atoms. The molecule has 1 saturated heterocycles. The van der Waals surface area contributed by atoms with E-state index in [4.69, 9.17) is 0 Å². The number of aromatic nitrogens is 2. The summed E-state index contributed by atoms with van der Waals surface area (Å²) in [5.41, 5.74) is 3.02. The van der Waals surface area contributed by atoms with Gasteiger partial charge in [0.15, 0.2) is 0 Å². The summed E-state index contributed by atoms with van der Waals surface area (Å²) in [6, 6.07) is 8.34. The second kappa shape index (κ2) is 7.21. The Labute approximate surface area is 148 Å². The molecular weight excluding hydrogens is 312 g/mol. The van der Waals surface area contributed by atoms with Gasteiger partial charge in [-0.25, -0.2) is 9.97 Å². The van der Waals surface area contributed by atoms with Crippen molar-refractivity contribution in [2.24, 2.45) is 0 Å². The molecular formula is C20H24N4O. The van der Waals surface area contributed by atoms with E-state index in [1.807, 2.05) is 11.0 Å². The molecule has 0 saturated carbocycles. The zero-order valence-corrected chi connectivity index (χ0v) is 14.5. The van der Waals surface area contributed by atoms with E-state index in [0.717, 1.165) is 31.9 Å². The number of benzene rings is 1. The van der Waals surface area contributed by atoms with Crippen LogP contribution in [0, 0.1) is 0 Å². The topological polar surface area (TPSA) is 49.3 Å². The predicted molar refractivity (Wildman–Crippen MR) is 97.6 cm³/mol. The number of fused-ring (bicyclic) bond motifs is 1. The van der Waals surface area contributed by atoms with Crippen molar-refractivity contribution < 1.29 is 4.79 Å². The van der Waals surface area contributed by atoms with Crippen molar-refractivity contribution in [3.05, 3.63) is 53.5 Å². The Morgan fingerprint density at radius 1 is 0.880 bits per heavy atom. The van der Waals surface area contributed by atoms with Gasteiger partial charge < -0.3 is 9.80 Å². The first kappa shape index (κ1) is 16.1. The second-order valence-electron chi connectivity index (χ2n) is 6.91. The third-order valence-corrected chi connectivity index (χ3v) is 5.21. The molecule has 2 aromatic rings. The summed E-state index contributed by atoms with van der Waals surface area (Å²) < 4.78 is 0. The molecule has 1 aromatic carbocycles. The smallest absolute Gasteiger partial charge is 0.274 e. The zero-order valence-electron chi connectivity index (χ0n) is 14.5. The highest BCUT2D eigenvalue weighted by Crippen LogP contribution is 2.21. The molecule has 3 heterocycles. The summed E-state index contributed by atoms with van der Waals surface area (Å²) in [6.45, 7) is 3.46. The third kappa shape index (κ3) is 3.50. The van der Waals surface area contributed by atoms with Gasteiger partial charge in [0.2, 0.25) is 0 Å². The van der Waals surface area contributed by atoms with Crippen molar-refractivity contribution in [1.29, 1.82) is 0 Å². The van der Waals surface area contributed by atoms with Gasteiger partial charge in [-0.1, -0.05) is 37.1 Å². The average Bonchev–Trinajstić information content (AvgIpc) is 2.97. The van der Waals surface area contributed by atoms with Gasteiger partial charge in [0.1, 0.15) is 11.5 Å². The van der Waals surface area contributed by atoms with Crippen LogP contribution in [0.3, 0.4) is 0 Å². The maximum Gasteiger partial charge on any atom is 0.274 e. The lowest BCUT2D eigenvalue weighted by Gasteiger charge is -2.28. The number of rotatable bonds is 2. The first-order valence-corrected chi connectivity index (χ1v) is 9.24. The quantitative estimate of drug-likeness (QED) is 0.846. The molecule has 25 heavy (non-hydrogen) atoms. The van der Waals surface area contributed by atoms with Gasteiger partial charge >= 0.3 is 0 Å². The Morgan fingerprint density at radius 2 is 1.64 bits per heavy atom. The minimum atomic E-state index is -0.0237. The van der Waals surface area contributed by atoms with E-state index in [1.165, 1.54) is 36.8 Å². The summed E-state index contributed by atoms with van der Waals surface area (Å²) in [6.07, 6.45) is 9.29. The van der Waals surface area contributed by atoms with Crippen LogP contribution in [0.25, 0.3) is 0 Å². The van der Waals surface area contributed by atoms with Crippen LogP contribution in [0.4, 0.5) is 5.82 Å². The molecule has 1 aromatic heterocycles. The van der Waals surface area contributed by atoms with Crippen molar-refractivity contribution in [3.8, 4) is 0 Å². The molecule has 2 aliphatic rings. The summed E-state index contributed by atoms with van der Waals surface area (Å²) in [4.78, 5) is 25.9. The van der Waals surface area contributed by atoms with Gasteiger partial charge in [0, 0.05) is 26.2 Å². The van der Waals surface area contributed by atoms with E-state index in [0.29, 0.717) is 12.2 Å². The molecule has 2 aliphatic heterocycles. The van der Waals surface area contributed by atoms with Crippen molar-refractivity contribution in [2.45, 2.75) is 38.6 Å². The van der Waals surface area contributed by atoms with Crippen molar-refractivity contribution in [3.63, 3.8) is 0 Å². The van der Waals surface area contributed by atoms with Crippen molar-refractivity contribution in [2.75, 3.05) is 24.5 Å². The van der Waals surface area contributed by atoms with Gasteiger partial charge in [-0.3, -0.25) is 4.79 Å². The summed E-state index contributed by atoms with van der Waals surface area (Å²) in [5.74, 6) is 0.867. The summed E-state index contributed by atoms with van der Waals surface area (Å²) >= 11 is 0. The molecule has 0 N–H and O–H groups in total. The average molecular weight is 336 g/mol. The lowest BCUT2D eigenvalue weighted by molar-refractivity contribution is 0.0728. The van der Waals surface area contributed by atoms with E-state index in [-0.39, 0.29) is 5.91 Å². The van der Waals surface area contributed by atoms with Gasteiger partial charge in [-0.05, 0) is 30.4 Å². The number of hydrogen-bond acceptors (Lipinski definition) is 4. The van der Waals surface area contributed by atoms with E-state index in [2.05, 4.69) is 33.1 Å². The number of carbonyl (C=O) groups excluding carboxylic acids is 1. The van der Waals surface area contributed by atoms with Crippen LogP contribution in [-0.2, 0) is 13.0 Å². The van der Waals surface area contributed by atoms with Crippen LogP contribution in [-0.4, -0.2) is 40.4 Å².